The van der Waals surface area contributed by atoms with Crippen LogP contribution in [0.2, 0.25) is 25.7 Å². The smallest absolute Gasteiger partial charge is 0.409 e. The fourth-order valence-corrected chi connectivity index (χ4v) is 3.51. The summed E-state index contributed by atoms with van der Waals surface area (Å²) in [6.45, 7) is 8.84. The van der Waals surface area contributed by atoms with Crippen molar-refractivity contribution in [2.75, 3.05) is 19.7 Å². The van der Waals surface area contributed by atoms with E-state index in [1.165, 1.54) is 5.56 Å². The maximum Gasteiger partial charge on any atom is 0.409 e. The zero-order chi connectivity index (χ0) is 16.9. The Kier molecular flexibility index (Phi) is 5.84. The molecule has 1 heterocycles. The Morgan fingerprint density at radius 3 is 2.65 bits per heavy atom. The molecule has 1 aliphatic rings. The second-order valence-corrected chi connectivity index (χ2v) is 13.0. The minimum absolute atomic E-state index is 0.174. The molecular weight excluding hydrogens is 304 g/mol. The Bertz CT molecular complexity index is 581. The van der Waals surface area contributed by atoms with Gasteiger partial charge in [0.25, 0.3) is 0 Å². The van der Waals surface area contributed by atoms with Gasteiger partial charge >= 0.3 is 6.09 Å². The highest BCUT2D eigenvalue weighted by atomic mass is 28.3. The topological polar surface area (TPSA) is 53.3 Å². The van der Waals surface area contributed by atoms with E-state index >= 15 is 0 Å². The number of carbonyl (C=O) groups excluding carboxylic acids is 1. The molecule has 1 aromatic rings. The molecule has 1 fully saturated rings. The van der Waals surface area contributed by atoms with Gasteiger partial charge in [-0.25, -0.2) is 4.79 Å². The van der Waals surface area contributed by atoms with Gasteiger partial charge in [-0.2, -0.15) is 5.26 Å². The van der Waals surface area contributed by atoms with E-state index in [1.807, 2.05) is 23.1 Å². The van der Waals surface area contributed by atoms with E-state index in [9.17, 15) is 4.79 Å². The Balaban J connectivity index is 1.81. The molecule has 23 heavy (non-hydrogen) atoms. The Labute approximate surface area is 140 Å². The molecule has 2 rings (SSSR count). The summed E-state index contributed by atoms with van der Waals surface area (Å²) < 4.78 is 5.41. The van der Waals surface area contributed by atoms with Gasteiger partial charge in [0.1, 0.15) is 0 Å². The first-order chi connectivity index (χ1) is 10.9. The average Bonchev–Trinajstić information content (AvgIpc) is 2.54. The molecule has 0 unspecified atom stereocenters. The minimum atomic E-state index is -1.16. The van der Waals surface area contributed by atoms with Gasteiger partial charge in [0, 0.05) is 21.2 Å². The molecule has 0 N–H and O–H groups in total. The molecule has 0 bridgehead atoms. The summed E-state index contributed by atoms with van der Waals surface area (Å²) in [7, 11) is -1.16. The van der Waals surface area contributed by atoms with Crippen molar-refractivity contribution in [1.29, 1.82) is 5.26 Å². The number of rotatable bonds is 4. The lowest BCUT2D eigenvalue weighted by Crippen LogP contribution is -2.38. The first kappa shape index (κ1) is 17.5. The second kappa shape index (κ2) is 7.65. The van der Waals surface area contributed by atoms with Crippen LogP contribution in [-0.2, 0) is 4.74 Å². The first-order valence-corrected chi connectivity index (χ1v) is 12.0. The zero-order valence-corrected chi connectivity index (χ0v) is 15.3. The predicted octanol–water partition coefficient (Wildman–Crippen LogP) is 4.21. The van der Waals surface area contributed by atoms with E-state index in [2.05, 4.69) is 31.8 Å². The van der Waals surface area contributed by atoms with Gasteiger partial charge in [-0.15, -0.1) is 0 Å². The van der Waals surface area contributed by atoms with Crippen LogP contribution in [0.4, 0.5) is 4.79 Å². The second-order valence-electron chi connectivity index (χ2n) is 7.42. The molecule has 0 spiro atoms. The van der Waals surface area contributed by atoms with Gasteiger partial charge in [-0.3, -0.25) is 0 Å². The molecule has 124 valence electrons. The zero-order valence-electron chi connectivity index (χ0n) is 14.3. The van der Waals surface area contributed by atoms with Crippen LogP contribution in [0.25, 0.3) is 0 Å². The van der Waals surface area contributed by atoms with Gasteiger partial charge in [0.15, 0.2) is 0 Å². The lowest BCUT2D eigenvalue weighted by molar-refractivity contribution is 0.0968. The molecule has 1 amide bonds. The molecule has 0 atom stereocenters. The van der Waals surface area contributed by atoms with E-state index < -0.39 is 8.07 Å². The van der Waals surface area contributed by atoms with Crippen LogP contribution in [0.5, 0.6) is 0 Å². The SMILES string of the molecule is C[Si](C)(C)CCOC(=O)N1CCC(c2cccc(C#N)c2)CC1. The minimum Gasteiger partial charge on any atom is -0.450 e. The fourth-order valence-electron chi connectivity index (χ4n) is 2.79. The molecule has 1 aromatic carbocycles. The number of amides is 1. The van der Waals surface area contributed by atoms with Gasteiger partial charge < -0.3 is 9.64 Å². The third kappa shape index (κ3) is 5.40. The third-order valence-electron chi connectivity index (χ3n) is 4.32. The van der Waals surface area contributed by atoms with Gasteiger partial charge in [-0.1, -0.05) is 31.8 Å². The van der Waals surface area contributed by atoms with Gasteiger partial charge in [0.2, 0.25) is 0 Å². The van der Waals surface area contributed by atoms with E-state index in [4.69, 9.17) is 10.00 Å². The van der Waals surface area contributed by atoms with E-state index in [1.54, 1.807) is 0 Å². The predicted molar refractivity (Wildman–Crippen MR) is 94.2 cm³/mol. The van der Waals surface area contributed by atoms with E-state index in [-0.39, 0.29) is 6.09 Å². The number of nitrogens with zero attached hydrogens (tertiary/aromatic N) is 2. The lowest BCUT2D eigenvalue weighted by Gasteiger charge is -2.31. The number of likely N-dealkylation sites (tertiary alicyclic amines) is 1. The Hall–Kier alpha value is -1.80. The summed E-state index contributed by atoms with van der Waals surface area (Å²) >= 11 is 0. The van der Waals surface area contributed by atoms with Gasteiger partial charge in [0.05, 0.1) is 18.2 Å². The summed E-state index contributed by atoms with van der Waals surface area (Å²) in [6.07, 6.45) is 1.68. The molecular formula is C18H26N2O2Si. The largest absolute Gasteiger partial charge is 0.450 e. The monoisotopic (exact) mass is 330 g/mol. The van der Waals surface area contributed by atoms with Crippen LogP contribution in [0.15, 0.2) is 24.3 Å². The average molecular weight is 331 g/mol. The van der Waals surface area contributed by atoms with E-state index in [0.29, 0.717) is 18.1 Å². The van der Waals surface area contributed by atoms with Crippen LogP contribution >= 0.6 is 0 Å². The van der Waals surface area contributed by atoms with Gasteiger partial charge in [-0.05, 0) is 42.5 Å². The third-order valence-corrected chi connectivity index (χ3v) is 6.02. The van der Waals surface area contributed by atoms with E-state index in [0.717, 1.165) is 32.0 Å². The summed E-state index contributed by atoms with van der Waals surface area (Å²) in [4.78, 5) is 13.9. The Morgan fingerprint density at radius 1 is 1.35 bits per heavy atom. The van der Waals surface area contributed by atoms with Crippen LogP contribution < -0.4 is 0 Å². The summed E-state index contributed by atoms with van der Waals surface area (Å²) in [5.41, 5.74) is 1.91. The maximum atomic E-state index is 12.1. The molecule has 0 saturated carbocycles. The molecule has 0 radical (unpaired) electrons. The molecule has 4 nitrogen and oxygen atoms in total. The van der Waals surface area contributed by atoms with Crippen molar-refractivity contribution in [3.63, 3.8) is 0 Å². The fraction of sp³-hybridized carbons (Fsp3) is 0.556. The molecule has 1 saturated heterocycles. The normalized spacial score (nSPS) is 16.0. The number of ether oxygens (including phenoxy) is 1. The number of nitriles is 1. The molecule has 0 aromatic heterocycles. The van der Waals surface area contributed by atoms with Crippen molar-refractivity contribution in [2.45, 2.75) is 44.4 Å². The summed E-state index contributed by atoms with van der Waals surface area (Å²) in [5.74, 6) is 0.425. The van der Waals surface area contributed by atoms with Crippen molar-refractivity contribution in [2.24, 2.45) is 0 Å². The van der Waals surface area contributed by atoms with Crippen LogP contribution in [0.1, 0.15) is 29.9 Å². The number of hydrogen-bond donors (Lipinski definition) is 0. The van der Waals surface area contributed by atoms with Crippen LogP contribution in [0.3, 0.4) is 0 Å². The number of carbonyl (C=O) groups is 1. The molecule has 1 aliphatic heterocycles. The highest BCUT2D eigenvalue weighted by molar-refractivity contribution is 6.76. The standard InChI is InChI=1S/C18H26N2O2Si/c1-23(2,3)12-11-22-18(21)20-9-7-16(8-10-20)17-6-4-5-15(13-17)14-19/h4-6,13,16H,7-12H2,1-3H3. The number of hydrogen-bond acceptors (Lipinski definition) is 3. The quantitative estimate of drug-likeness (QED) is 0.777. The summed E-state index contributed by atoms with van der Waals surface area (Å²) in [6, 6.07) is 11.0. The number of piperidine rings is 1. The van der Waals surface area contributed by atoms with Crippen LogP contribution in [0, 0.1) is 11.3 Å². The molecule has 5 heteroatoms. The van der Waals surface area contributed by atoms with Crippen molar-refractivity contribution in [3.8, 4) is 6.07 Å². The van der Waals surface area contributed by atoms with Crippen molar-refractivity contribution in [1.82, 2.24) is 4.90 Å². The van der Waals surface area contributed by atoms with Crippen molar-refractivity contribution < 1.29 is 9.53 Å². The first-order valence-electron chi connectivity index (χ1n) is 8.31. The molecule has 0 aliphatic carbocycles. The van der Waals surface area contributed by atoms with Crippen molar-refractivity contribution in [3.05, 3.63) is 35.4 Å². The highest BCUT2D eigenvalue weighted by Crippen LogP contribution is 2.28. The summed E-state index contributed by atoms with van der Waals surface area (Å²) in [5, 5.41) is 9.00. The number of benzene rings is 1. The highest BCUT2D eigenvalue weighted by Gasteiger charge is 2.25. The van der Waals surface area contributed by atoms with Crippen molar-refractivity contribution >= 4 is 14.2 Å². The Morgan fingerprint density at radius 2 is 2.04 bits per heavy atom. The maximum absolute atomic E-state index is 12.1. The lowest BCUT2D eigenvalue weighted by atomic mass is 9.89. The van der Waals surface area contributed by atoms with Crippen LogP contribution in [-0.4, -0.2) is 38.8 Å².